The molecule has 0 unspecified atom stereocenters. The van der Waals surface area contributed by atoms with E-state index in [4.69, 9.17) is 0 Å². The van der Waals surface area contributed by atoms with Gasteiger partial charge in [-0.15, -0.1) is 0 Å². The van der Waals surface area contributed by atoms with E-state index in [0.717, 1.165) is 37.6 Å². The van der Waals surface area contributed by atoms with Crippen LogP contribution >= 0.6 is 0 Å². The average Bonchev–Trinajstić information content (AvgIpc) is 2.90. The Morgan fingerprint density at radius 3 is 2.90 bits per heavy atom. The molecule has 1 fully saturated rings. The number of likely N-dealkylation sites (tertiary alicyclic amines) is 1. The summed E-state index contributed by atoms with van der Waals surface area (Å²) >= 11 is 0. The highest BCUT2D eigenvalue weighted by Crippen LogP contribution is 2.25. The predicted octanol–water partition coefficient (Wildman–Crippen LogP) is 2.48. The van der Waals surface area contributed by atoms with Crippen molar-refractivity contribution in [2.45, 2.75) is 32.7 Å². The first-order valence-corrected chi connectivity index (χ1v) is 7.15. The number of aryl methyl sites for hydroxylation is 2. The molecule has 0 N–H and O–H groups in total. The molecule has 0 saturated carbocycles. The van der Waals surface area contributed by atoms with Crippen LogP contribution in [0.1, 0.15) is 35.1 Å². The molecule has 20 heavy (non-hydrogen) atoms. The van der Waals surface area contributed by atoms with Gasteiger partial charge in [-0.2, -0.15) is 0 Å². The van der Waals surface area contributed by atoms with Crippen molar-refractivity contribution < 1.29 is 0 Å². The number of aromatic nitrogens is 3. The lowest BCUT2D eigenvalue weighted by Crippen LogP contribution is -2.21. The summed E-state index contributed by atoms with van der Waals surface area (Å²) in [7, 11) is 0. The lowest BCUT2D eigenvalue weighted by Gasteiger charge is -2.16. The molecular weight excluding hydrogens is 248 g/mol. The molecule has 4 nitrogen and oxygen atoms in total. The van der Waals surface area contributed by atoms with Gasteiger partial charge in [0, 0.05) is 37.1 Å². The van der Waals surface area contributed by atoms with E-state index in [1.165, 1.54) is 11.3 Å². The third-order valence-electron chi connectivity index (χ3n) is 3.94. The quantitative estimate of drug-likeness (QED) is 0.857. The summed E-state index contributed by atoms with van der Waals surface area (Å²) in [5.74, 6) is 1.45. The number of hydrogen-bond acceptors (Lipinski definition) is 4. The van der Waals surface area contributed by atoms with E-state index < -0.39 is 0 Å². The molecule has 0 aliphatic carbocycles. The van der Waals surface area contributed by atoms with Gasteiger partial charge < -0.3 is 0 Å². The van der Waals surface area contributed by atoms with Crippen LogP contribution in [0.3, 0.4) is 0 Å². The van der Waals surface area contributed by atoms with Crippen LogP contribution in [0.5, 0.6) is 0 Å². The van der Waals surface area contributed by atoms with Crippen LogP contribution in [0.4, 0.5) is 0 Å². The molecule has 3 heterocycles. The van der Waals surface area contributed by atoms with Gasteiger partial charge in [-0.25, -0.2) is 9.97 Å². The van der Waals surface area contributed by atoms with Gasteiger partial charge in [0.25, 0.3) is 0 Å². The van der Waals surface area contributed by atoms with Gasteiger partial charge in [0.05, 0.1) is 5.69 Å². The van der Waals surface area contributed by atoms with Crippen molar-refractivity contribution in [1.29, 1.82) is 0 Å². The first kappa shape index (κ1) is 13.2. The van der Waals surface area contributed by atoms with Gasteiger partial charge in [0.1, 0.15) is 5.82 Å². The number of rotatable bonds is 3. The molecule has 1 saturated heterocycles. The Kier molecular flexibility index (Phi) is 3.74. The number of pyridine rings is 1. The molecule has 1 aliphatic rings. The highest BCUT2D eigenvalue weighted by molar-refractivity contribution is 5.18. The summed E-state index contributed by atoms with van der Waals surface area (Å²) in [6.07, 6.45) is 4.87. The smallest absolute Gasteiger partial charge is 0.132 e. The van der Waals surface area contributed by atoms with Crippen molar-refractivity contribution in [2.75, 3.05) is 13.1 Å². The lowest BCUT2D eigenvalue weighted by molar-refractivity contribution is 0.321. The van der Waals surface area contributed by atoms with Crippen LogP contribution in [0.25, 0.3) is 0 Å². The highest BCUT2D eigenvalue weighted by Gasteiger charge is 2.26. The van der Waals surface area contributed by atoms with Crippen molar-refractivity contribution in [1.82, 2.24) is 19.9 Å². The summed E-state index contributed by atoms with van der Waals surface area (Å²) in [4.78, 5) is 15.9. The molecule has 0 bridgehead atoms. The van der Waals surface area contributed by atoms with Crippen LogP contribution < -0.4 is 0 Å². The Morgan fingerprint density at radius 2 is 2.10 bits per heavy atom. The fraction of sp³-hybridized carbons (Fsp3) is 0.438. The maximum absolute atomic E-state index is 4.56. The van der Waals surface area contributed by atoms with E-state index in [-0.39, 0.29) is 0 Å². The maximum Gasteiger partial charge on any atom is 0.132 e. The molecule has 1 atom stereocenters. The minimum absolute atomic E-state index is 0.457. The topological polar surface area (TPSA) is 41.9 Å². The number of nitrogens with zero attached hydrogens (tertiary/aromatic N) is 4. The van der Waals surface area contributed by atoms with E-state index in [1.54, 1.807) is 0 Å². The molecule has 3 rings (SSSR count). The molecule has 1 aliphatic heterocycles. The summed E-state index contributed by atoms with van der Waals surface area (Å²) < 4.78 is 0. The number of hydrogen-bond donors (Lipinski definition) is 0. The van der Waals surface area contributed by atoms with Crippen molar-refractivity contribution in [3.05, 3.63) is 53.4 Å². The van der Waals surface area contributed by atoms with E-state index in [9.17, 15) is 0 Å². The average molecular weight is 268 g/mol. The van der Waals surface area contributed by atoms with Gasteiger partial charge in [-0.1, -0.05) is 6.07 Å². The summed E-state index contributed by atoms with van der Waals surface area (Å²) in [6, 6.07) is 6.07. The molecule has 4 heteroatoms. The van der Waals surface area contributed by atoms with E-state index in [0.29, 0.717) is 5.92 Å². The monoisotopic (exact) mass is 268 g/mol. The molecule has 0 aromatic carbocycles. The minimum Gasteiger partial charge on any atom is -0.297 e. The normalized spacial score (nSPS) is 19.4. The van der Waals surface area contributed by atoms with Gasteiger partial charge in [-0.3, -0.25) is 9.88 Å². The Hall–Kier alpha value is -1.81. The Balaban J connectivity index is 1.67. The molecule has 0 spiro atoms. The Bertz CT molecular complexity index is 597. The minimum atomic E-state index is 0.457. The summed E-state index contributed by atoms with van der Waals surface area (Å²) in [5, 5.41) is 0. The Morgan fingerprint density at radius 1 is 1.20 bits per heavy atom. The second-order valence-corrected chi connectivity index (χ2v) is 5.54. The third-order valence-corrected chi connectivity index (χ3v) is 3.94. The van der Waals surface area contributed by atoms with E-state index >= 15 is 0 Å². The van der Waals surface area contributed by atoms with Gasteiger partial charge >= 0.3 is 0 Å². The second-order valence-electron chi connectivity index (χ2n) is 5.54. The lowest BCUT2D eigenvalue weighted by atomic mass is 10.1. The van der Waals surface area contributed by atoms with Crippen LogP contribution in [-0.2, 0) is 6.54 Å². The van der Waals surface area contributed by atoms with Gasteiger partial charge in [0.2, 0.25) is 0 Å². The summed E-state index contributed by atoms with van der Waals surface area (Å²) in [6.45, 7) is 7.20. The van der Waals surface area contributed by atoms with Crippen molar-refractivity contribution in [3.63, 3.8) is 0 Å². The van der Waals surface area contributed by atoms with Crippen LogP contribution in [0.15, 0.2) is 30.6 Å². The zero-order chi connectivity index (χ0) is 13.9. The van der Waals surface area contributed by atoms with E-state index in [2.05, 4.69) is 32.8 Å². The zero-order valence-electron chi connectivity index (χ0n) is 12.1. The molecule has 0 amide bonds. The first-order chi connectivity index (χ1) is 9.72. The van der Waals surface area contributed by atoms with Crippen LogP contribution in [0, 0.1) is 13.8 Å². The zero-order valence-corrected chi connectivity index (χ0v) is 12.1. The molecule has 2 aromatic heterocycles. The second kappa shape index (κ2) is 5.67. The maximum atomic E-state index is 4.56. The molecule has 2 aromatic rings. The van der Waals surface area contributed by atoms with Crippen LogP contribution in [0.2, 0.25) is 0 Å². The fourth-order valence-electron chi connectivity index (χ4n) is 2.75. The highest BCUT2D eigenvalue weighted by atomic mass is 15.2. The van der Waals surface area contributed by atoms with Crippen LogP contribution in [-0.4, -0.2) is 32.9 Å². The van der Waals surface area contributed by atoms with Gasteiger partial charge in [-0.05, 0) is 44.5 Å². The van der Waals surface area contributed by atoms with Crippen molar-refractivity contribution in [3.8, 4) is 0 Å². The van der Waals surface area contributed by atoms with E-state index in [1.807, 2.05) is 31.5 Å². The largest absolute Gasteiger partial charge is 0.297 e. The summed E-state index contributed by atoms with van der Waals surface area (Å²) in [5.41, 5.74) is 3.50. The first-order valence-electron chi connectivity index (χ1n) is 7.15. The SMILES string of the molecule is Cc1ccnc([C@H]2CCN(Cc3ncccc3C)C2)n1. The molecular formula is C16H20N4. The molecule has 0 radical (unpaired) electrons. The molecule has 104 valence electrons. The van der Waals surface area contributed by atoms with Crippen molar-refractivity contribution in [2.24, 2.45) is 0 Å². The third kappa shape index (κ3) is 2.85. The van der Waals surface area contributed by atoms with Gasteiger partial charge in [0.15, 0.2) is 0 Å². The van der Waals surface area contributed by atoms with Crippen molar-refractivity contribution >= 4 is 0 Å². The fourth-order valence-corrected chi connectivity index (χ4v) is 2.75. The standard InChI is InChI=1S/C16H20N4/c1-12-4-3-7-17-15(12)11-20-9-6-14(10-20)16-18-8-5-13(2)19-16/h3-5,7-8,14H,6,9-11H2,1-2H3/t14-/m0/s1. The Labute approximate surface area is 119 Å². The predicted molar refractivity (Wildman–Crippen MR) is 78.4 cm³/mol.